The minimum absolute atomic E-state index is 0.276. The SMILES string of the molecule is C=CC([C@@H](C)[C@@H](C)[C@H](C)CC)n1c2ccccc2c2c(C)c(/C=C\C)ccc21. The zero-order chi connectivity index (χ0) is 20.4. The van der Waals surface area contributed by atoms with E-state index in [4.69, 9.17) is 0 Å². The molecule has 0 aliphatic heterocycles. The number of hydrogen-bond donors (Lipinski definition) is 0. The first-order valence-electron chi connectivity index (χ1n) is 10.7. The summed E-state index contributed by atoms with van der Waals surface area (Å²) in [7, 11) is 0. The third-order valence-electron chi connectivity index (χ3n) is 6.97. The van der Waals surface area contributed by atoms with Crippen LogP contribution in [0.5, 0.6) is 0 Å². The van der Waals surface area contributed by atoms with Gasteiger partial charge in [0, 0.05) is 21.8 Å². The first-order chi connectivity index (χ1) is 13.5. The highest BCUT2D eigenvalue weighted by Crippen LogP contribution is 2.40. The summed E-state index contributed by atoms with van der Waals surface area (Å²) in [6, 6.07) is 13.7. The molecule has 0 fully saturated rings. The van der Waals surface area contributed by atoms with E-state index in [0.717, 1.165) is 0 Å². The quantitative estimate of drug-likeness (QED) is 0.368. The van der Waals surface area contributed by atoms with Crippen molar-refractivity contribution >= 4 is 27.9 Å². The number of benzene rings is 2. The van der Waals surface area contributed by atoms with Gasteiger partial charge in [-0.1, -0.05) is 76.6 Å². The van der Waals surface area contributed by atoms with Crippen molar-refractivity contribution in [1.29, 1.82) is 0 Å². The number of aryl methyl sites for hydroxylation is 1. The Bertz CT molecular complexity index is 1000. The van der Waals surface area contributed by atoms with Crippen molar-refractivity contribution in [3.63, 3.8) is 0 Å². The number of aromatic nitrogens is 1. The zero-order valence-corrected chi connectivity index (χ0v) is 18.4. The van der Waals surface area contributed by atoms with Gasteiger partial charge in [-0.15, -0.1) is 6.58 Å². The van der Waals surface area contributed by atoms with E-state index >= 15 is 0 Å². The van der Waals surface area contributed by atoms with E-state index in [1.54, 1.807) is 0 Å². The standard InChI is InChI=1S/C27H35N/c1-8-13-22-16-17-26-27(21(22)7)23-14-11-12-15-25(23)28(26)24(10-3)20(6)19(5)18(4)9-2/h8,10-20,24H,3,9H2,1-2,4-7H3/b13-8-/t18-,19+,20+,24?/m1/s1. The van der Waals surface area contributed by atoms with Gasteiger partial charge in [-0.05, 0) is 54.9 Å². The molecule has 1 aromatic heterocycles. The van der Waals surface area contributed by atoms with Crippen molar-refractivity contribution < 1.29 is 0 Å². The molecule has 0 saturated heterocycles. The Kier molecular flexibility index (Phi) is 6.13. The van der Waals surface area contributed by atoms with Crippen molar-refractivity contribution in [2.45, 2.75) is 54.0 Å². The molecule has 0 N–H and O–H groups in total. The van der Waals surface area contributed by atoms with Gasteiger partial charge >= 0.3 is 0 Å². The van der Waals surface area contributed by atoms with Gasteiger partial charge in [0.1, 0.15) is 0 Å². The van der Waals surface area contributed by atoms with Crippen LogP contribution in [-0.2, 0) is 0 Å². The van der Waals surface area contributed by atoms with Gasteiger partial charge in [0.2, 0.25) is 0 Å². The molecular weight excluding hydrogens is 338 g/mol. The molecule has 0 radical (unpaired) electrons. The fourth-order valence-electron chi connectivity index (χ4n) is 4.72. The Balaban J connectivity index is 2.29. The fraction of sp³-hybridized carbons (Fsp3) is 0.407. The second-order valence-corrected chi connectivity index (χ2v) is 8.39. The molecule has 4 atom stereocenters. The number of fused-ring (bicyclic) bond motifs is 3. The fourth-order valence-corrected chi connectivity index (χ4v) is 4.72. The number of rotatable bonds is 7. The topological polar surface area (TPSA) is 4.93 Å². The van der Waals surface area contributed by atoms with Crippen LogP contribution in [0.4, 0.5) is 0 Å². The summed E-state index contributed by atoms with van der Waals surface area (Å²) in [6.07, 6.45) is 7.70. The molecule has 0 spiro atoms. The van der Waals surface area contributed by atoms with Gasteiger partial charge in [-0.2, -0.15) is 0 Å². The third-order valence-corrected chi connectivity index (χ3v) is 6.97. The van der Waals surface area contributed by atoms with Crippen molar-refractivity contribution in [3.8, 4) is 0 Å². The third kappa shape index (κ3) is 3.32. The average Bonchev–Trinajstić information content (AvgIpc) is 3.04. The Morgan fingerprint density at radius 1 is 1.00 bits per heavy atom. The van der Waals surface area contributed by atoms with Crippen LogP contribution in [0.3, 0.4) is 0 Å². The smallest absolute Gasteiger partial charge is 0.0548 e. The lowest BCUT2D eigenvalue weighted by Gasteiger charge is -2.32. The summed E-state index contributed by atoms with van der Waals surface area (Å²) in [6.45, 7) is 18.1. The molecule has 1 unspecified atom stereocenters. The van der Waals surface area contributed by atoms with Crippen LogP contribution >= 0.6 is 0 Å². The Labute approximate surface area is 170 Å². The molecule has 0 saturated carbocycles. The van der Waals surface area contributed by atoms with Crippen LogP contribution in [-0.4, -0.2) is 4.57 Å². The predicted octanol–water partition coefficient (Wildman–Crippen LogP) is 8.18. The van der Waals surface area contributed by atoms with Gasteiger partial charge in [-0.3, -0.25) is 0 Å². The molecule has 0 aliphatic rings. The first-order valence-corrected chi connectivity index (χ1v) is 10.7. The Hall–Kier alpha value is -2.28. The summed E-state index contributed by atoms with van der Waals surface area (Å²) in [4.78, 5) is 0. The van der Waals surface area contributed by atoms with E-state index in [9.17, 15) is 0 Å². The summed E-state index contributed by atoms with van der Waals surface area (Å²) < 4.78 is 2.54. The molecule has 1 heterocycles. The minimum atomic E-state index is 0.276. The van der Waals surface area contributed by atoms with Gasteiger partial charge < -0.3 is 4.57 Å². The summed E-state index contributed by atoms with van der Waals surface area (Å²) >= 11 is 0. The van der Waals surface area contributed by atoms with Crippen LogP contribution in [0.2, 0.25) is 0 Å². The first kappa shape index (κ1) is 20.5. The highest BCUT2D eigenvalue weighted by atomic mass is 15.0. The molecule has 0 amide bonds. The molecule has 0 aliphatic carbocycles. The van der Waals surface area contributed by atoms with Crippen LogP contribution in [0, 0.1) is 24.7 Å². The zero-order valence-electron chi connectivity index (χ0n) is 18.4. The van der Waals surface area contributed by atoms with E-state index in [1.165, 1.54) is 39.4 Å². The lowest BCUT2D eigenvalue weighted by Crippen LogP contribution is -2.25. The van der Waals surface area contributed by atoms with Crippen molar-refractivity contribution in [2.24, 2.45) is 17.8 Å². The van der Waals surface area contributed by atoms with E-state index in [2.05, 4.69) is 107 Å². The Morgan fingerprint density at radius 2 is 1.71 bits per heavy atom. The summed E-state index contributed by atoms with van der Waals surface area (Å²) in [5, 5.41) is 2.72. The number of nitrogens with zero attached hydrogens (tertiary/aromatic N) is 1. The maximum atomic E-state index is 4.26. The highest BCUT2D eigenvalue weighted by Gasteiger charge is 2.27. The number of allylic oxidation sites excluding steroid dienone is 2. The monoisotopic (exact) mass is 373 g/mol. The summed E-state index contributed by atoms with van der Waals surface area (Å²) in [5.41, 5.74) is 5.29. The molecule has 0 bridgehead atoms. The molecule has 3 rings (SSSR count). The Morgan fingerprint density at radius 3 is 2.36 bits per heavy atom. The predicted molar refractivity (Wildman–Crippen MR) is 126 cm³/mol. The van der Waals surface area contributed by atoms with Crippen molar-refractivity contribution in [3.05, 3.63) is 66.3 Å². The van der Waals surface area contributed by atoms with E-state index < -0.39 is 0 Å². The number of hydrogen-bond acceptors (Lipinski definition) is 0. The van der Waals surface area contributed by atoms with Crippen LogP contribution < -0.4 is 0 Å². The lowest BCUT2D eigenvalue weighted by atomic mass is 9.79. The van der Waals surface area contributed by atoms with E-state index in [0.29, 0.717) is 17.8 Å². The van der Waals surface area contributed by atoms with E-state index in [-0.39, 0.29) is 6.04 Å². The van der Waals surface area contributed by atoms with Crippen molar-refractivity contribution in [2.75, 3.05) is 0 Å². The minimum Gasteiger partial charge on any atom is -0.333 e. The molecule has 28 heavy (non-hydrogen) atoms. The normalized spacial score (nSPS) is 16.5. The van der Waals surface area contributed by atoms with Gasteiger partial charge in [-0.25, -0.2) is 0 Å². The molecular formula is C27H35N. The van der Waals surface area contributed by atoms with Gasteiger partial charge in [0.15, 0.2) is 0 Å². The highest BCUT2D eigenvalue weighted by molar-refractivity contribution is 6.10. The average molecular weight is 374 g/mol. The molecule has 148 valence electrons. The maximum absolute atomic E-state index is 4.26. The van der Waals surface area contributed by atoms with Crippen LogP contribution in [0.1, 0.15) is 58.2 Å². The second-order valence-electron chi connectivity index (χ2n) is 8.39. The van der Waals surface area contributed by atoms with Crippen molar-refractivity contribution in [1.82, 2.24) is 4.57 Å². The van der Waals surface area contributed by atoms with Crippen LogP contribution in [0.15, 0.2) is 55.1 Å². The second kappa shape index (κ2) is 8.39. The van der Waals surface area contributed by atoms with Crippen LogP contribution in [0.25, 0.3) is 27.9 Å². The molecule has 3 aromatic rings. The molecule has 1 heteroatoms. The molecule has 2 aromatic carbocycles. The van der Waals surface area contributed by atoms with Gasteiger partial charge in [0.05, 0.1) is 6.04 Å². The van der Waals surface area contributed by atoms with E-state index in [1.807, 2.05) is 0 Å². The molecule has 1 nitrogen and oxygen atoms in total. The van der Waals surface area contributed by atoms with Gasteiger partial charge in [0.25, 0.3) is 0 Å². The lowest BCUT2D eigenvalue weighted by molar-refractivity contribution is 0.230. The largest absolute Gasteiger partial charge is 0.333 e. The summed E-state index contributed by atoms with van der Waals surface area (Å²) in [5.74, 6) is 1.85. The maximum Gasteiger partial charge on any atom is 0.0548 e. The number of para-hydroxylation sites is 1.